The predicted octanol–water partition coefficient (Wildman–Crippen LogP) is 5.81. The van der Waals surface area contributed by atoms with Gasteiger partial charge in [0, 0.05) is 18.0 Å². The molecule has 8 heteroatoms. The molecule has 0 aliphatic carbocycles. The van der Waals surface area contributed by atoms with Crippen LogP contribution in [0, 0.1) is 20.8 Å². The van der Waals surface area contributed by atoms with Gasteiger partial charge in [-0.1, -0.05) is 43.3 Å². The maximum absolute atomic E-state index is 13.9. The van der Waals surface area contributed by atoms with Crippen LogP contribution in [0.15, 0.2) is 71.8 Å². The minimum atomic E-state index is -0.344. The second-order valence-electron chi connectivity index (χ2n) is 9.52. The lowest BCUT2D eigenvalue weighted by molar-refractivity contribution is 0.658. The largest absolute Gasteiger partial charge is 0.368 e. The van der Waals surface area contributed by atoms with E-state index in [9.17, 15) is 4.79 Å². The molecular formula is C31H31N7O. The zero-order valence-electron chi connectivity index (χ0n) is 22.5. The summed E-state index contributed by atoms with van der Waals surface area (Å²) in [4.78, 5) is 32.1. The number of benzene rings is 2. The van der Waals surface area contributed by atoms with Crippen LogP contribution in [0.5, 0.6) is 0 Å². The smallest absolute Gasteiger partial charge is 0.266 e. The van der Waals surface area contributed by atoms with Crippen LogP contribution in [-0.4, -0.2) is 24.5 Å². The molecule has 0 aliphatic rings. The number of hydrogen-bond donors (Lipinski definition) is 2. The Morgan fingerprint density at radius 2 is 1.74 bits per heavy atom. The second-order valence-corrected chi connectivity index (χ2v) is 9.52. The van der Waals surface area contributed by atoms with Gasteiger partial charge in [-0.3, -0.25) is 14.3 Å². The fourth-order valence-electron chi connectivity index (χ4n) is 4.72. The summed E-state index contributed by atoms with van der Waals surface area (Å²) in [5.74, 6) is 1.34. The number of nitrogens with two attached hydrogens (primary N) is 1. The molecule has 0 aliphatic heterocycles. The molecule has 3 aromatic heterocycles. The number of nitrogen functional groups attached to an aromatic ring is 1. The van der Waals surface area contributed by atoms with Crippen molar-refractivity contribution in [2.75, 3.05) is 11.1 Å². The summed E-state index contributed by atoms with van der Waals surface area (Å²) in [7, 11) is 0. The first-order chi connectivity index (χ1) is 18.9. The fraction of sp³-hybridized carbons (Fsp3) is 0.194. The summed E-state index contributed by atoms with van der Waals surface area (Å²) in [5, 5.41) is 4.15. The van der Waals surface area contributed by atoms with Crippen LogP contribution in [0.1, 0.15) is 53.2 Å². The molecule has 8 nitrogen and oxygen atoms in total. The number of aromatic nitrogens is 5. The summed E-state index contributed by atoms with van der Waals surface area (Å²) < 4.78 is 1.70. The highest BCUT2D eigenvalue weighted by Gasteiger charge is 2.22. The predicted molar refractivity (Wildman–Crippen MR) is 158 cm³/mol. The summed E-state index contributed by atoms with van der Waals surface area (Å²) in [6, 6.07) is 17.0. The Morgan fingerprint density at radius 1 is 0.949 bits per heavy atom. The van der Waals surface area contributed by atoms with Crippen molar-refractivity contribution in [3.63, 3.8) is 0 Å². The number of rotatable bonds is 7. The second kappa shape index (κ2) is 10.9. The van der Waals surface area contributed by atoms with Gasteiger partial charge in [-0.05, 0) is 74.2 Å². The quantitative estimate of drug-likeness (QED) is 0.280. The molecule has 39 heavy (non-hydrogen) atoms. The molecule has 1 atom stereocenters. The van der Waals surface area contributed by atoms with E-state index in [1.165, 1.54) is 0 Å². The monoisotopic (exact) mass is 517 g/mol. The molecule has 0 bridgehead atoms. The molecule has 3 N–H and O–H groups in total. The maximum Gasteiger partial charge on any atom is 0.266 e. The number of fused-ring (bicyclic) bond motifs is 1. The van der Waals surface area contributed by atoms with Gasteiger partial charge in [0.25, 0.3) is 5.56 Å². The standard InChI is InChI=1S/C31H31N7O/c1-5-25(35-28-24(21(4)34-31(32)37-28)15-14-22-18-33-17-16-19(22)2)29-36-26-13-9-10-20(3)27(26)30(39)38(29)23-11-7-6-8-12-23/h6-18,25H,5H2,1-4H3,(H3,32,34,35,37)/b15-14+. The maximum atomic E-state index is 13.9. The van der Waals surface area contributed by atoms with Crippen molar-refractivity contribution in [3.8, 4) is 5.69 Å². The van der Waals surface area contributed by atoms with Crippen molar-refractivity contribution in [2.24, 2.45) is 0 Å². The van der Waals surface area contributed by atoms with Gasteiger partial charge in [-0.25, -0.2) is 9.97 Å². The molecule has 2 aromatic carbocycles. The van der Waals surface area contributed by atoms with E-state index in [1.807, 2.05) is 101 Å². The SMILES string of the molecule is CCC(Nc1nc(N)nc(C)c1/C=C/c1cnccc1C)c1nc2cccc(C)c2c(=O)n1-c1ccccc1. The first kappa shape index (κ1) is 25.8. The summed E-state index contributed by atoms with van der Waals surface area (Å²) in [6.07, 6.45) is 8.20. The molecule has 196 valence electrons. The lowest BCUT2D eigenvalue weighted by atomic mass is 10.1. The van der Waals surface area contributed by atoms with Crippen LogP contribution in [0.3, 0.4) is 0 Å². The van der Waals surface area contributed by atoms with Crippen LogP contribution in [-0.2, 0) is 0 Å². The summed E-state index contributed by atoms with van der Waals surface area (Å²) >= 11 is 0. The molecule has 5 aromatic rings. The minimum Gasteiger partial charge on any atom is -0.368 e. The molecule has 0 saturated heterocycles. The molecule has 0 spiro atoms. The van der Waals surface area contributed by atoms with Gasteiger partial charge in [0.2, 0.25) is 5.95 Å². The topological polar surface area (TPSA) is 112 Å². The van der Waals surface area contributed by atoms with Crippen molar-refractivity contribution in [2.45, 2.75) is 40.2 Å². The number of nitrogens with one attached hydrogen (secondary N) is 1. The number of anilines is 2. The van der Waals surface area contributed by atoms with Gasteiger partial charge in [-0.15, -0.1) is 0 Å². The summed E-state index contributed by atoms with van der Waals surface area (Å²) in [5.41, 5.74) is 11.9. The van der Waals surface area contributed by atoms with E-state index in [0.29, 0.717) is 29.0 Å². The Balaban J connectivity index is 1.66. The van der Waals surface area contributed by atoms with E-state index < -0.39 is 0 Å². The Labute approximate surface area is 227 Å². The molecule has 0 amide bonds. The minimum absolute atomic E-state index is 0.106. The van der Waals surface area contributed by atoms with Gasteiger partial charge >= 0.3 is 0 Å². The van der Waals surface area contributed by atoms with E-state index in [0.717, 1.165) is 33.6 Å². The number of nitrogens with zero attached hydrogens (tertiary/aromatic N) is 5. The third-order valence-corrected chi connectivity index (χ3v) is 6.84. The Bertz CT molecular complexity index is 1740. The molecule has 5 rings (SSSR count). The lowest BCUT2D eigenvalue weighted by Crippen LogP contribution is -2.29. The highest BCUT2D eigenvalue weighted by molar-refractivity contribution is 5.82. The number of aryl methyl sites for hydroxylation is 3. The van der Waals surface area contributed by atoms with Crippen LogP contribution < -0.4 is 16.6 Å². The van der Waals surface area contributed by atoms with Crippen molar-refractivity contribution in [3.05, 3.63) is 111 Å². The van der Waals surface area contributed by atoms with Crippen LogP contribution in [0.2, 0.25) is 0 Å². The Morgan fingerprint density at radius 3 is 2.49 bits per heavy atom. The molecule has 0 fully saturated rings. The van der Waals surface area contributed by atoms with Crippen molar-refractivity contribution < 1.29 is 0 Å². The first-order valence-electron chi connectivity index (χ1n) is 12.9. The van der Waals surface area contributed by atoms with Crippen molar-refractivity contribution in [1.82, 2.24) is 24.5 Å². The van der Waals surface area contributed by atoms with Gasteiger partial charge in [0.05, 0.1) is 28.3 Å². The van der Waals surface area contributed by atoms with Gasteiger partial charge in [0.1, 0.15) is 11.6 Å². The molecule has 3 heterocycles. The number of para-hydroxylation sites is 1. The zero-order chi connectivity index (χ0) is 27.5. The van der Waals surface area contributed by atoms with Crippen LogP contribution >= 0.6 is 0 Å². The van der Waals surface area contributed by atoms with Gasteiger partial charge < -0.3 is 11.1 Å². The van der Waals surface area contributed by atoms with E-state index in [4.69, 9.17) is 10.7 Å². The Hall–Kier alpha value is -4.85. The number of pyridine rings is 1. The third-order valence-electron chi connectivity index (χ3n) is 6.84. The fourth-order valence-corrected chi connectivity index (χ4v) is 4.72. The average molecular weight is 518 g/mol. The van der Waals surface area contributed by atoms with E-state index in [1.54, 1.807) is 10.8 Å². The van der Waals surface area contributed by atoms with E-state index in [-0.39, 0.29) is 17.5 Å². The molecule has 1 unspecified atom stereocenters. The Kier molecular flexibility index (Phi) is 7.19. The molecular weight excluding hydrogens is 486 g/mol. The summed E-state index contributed by atoms with van der Waals surface area (Å²) in [6.45, 7) is 7.92. The molecule has 0 saturated carbocycles. The van der Waals surface area contributed by atoms with Crippen molar-refractivity contribution >= 4 is 34.8 Å². The van der Waals surface area contributed by atoms with Gasteiger partial charge in [-0.2, -0.15) is 4.98 Å². The zero-order valence-corrected chi connectivity index (χ0v) is 22.5. The van der Waals surface area contributed by atoms with Crippen LogP contribution in [0.4, 0.5) is 11.8 Å². The van der Waals surface area contributed by atoms with Crippen molar-refractivity contribution in [1.29, 1.82) is 0 Å². The van der Waals surface area contributed by atoms with E-state index >= 15 is 0 Å². The lowest BCUT2D eigenvalue weighted by Gasteiger charge is -2.23. The third kappa shape index (κ3) is 5.13. The highest BCUT2D eigenvalue weighted by atomic mass is 16.1. The highest BCUT2D eigenvalue weighted by Crippen LogP contribution is 2.28. The van der Waals surface area contributed by atoms with Crippen LogP contribution in [0.25, 0.3) is 28.7 Å². The first-order valence-corrected chi connectivity index (χ1v) is 12.9. The van der Waals surface area contributed by atoms with E-state index in [2.05, 4.69) is 20.3 Å². The molecule has 0 radical (unpaired) electrons. The number of hydrogen-bond acceptors (Lipinski definition) is 7. The van der Waals surface area contributed by atoms with Gasteiger partial charge in [0.15, 0.2) is 0 Å². The normalized spacial score (nSPS) is 12.2. The average Bonchev–Trinajstić information content (AvgIpc) is 2.92.